The summed E-state index contributed by atoms with van der Waals surface area (Å²) in [5.41, 5.74) is 10.00. The minimum absolute atomic E-state index is 0.0331. The van der Waals surface area contributed by atoms with Crippen LogP contribution in [0.4, 0.5) is 11.4 Å². The van der Waals surface area contributed by atoms with Gasteiger partial charge in [0, 0.05) is 29.4 Å². The molecule has 2 N–H and O–H groups in total. The fourth-order valence-corrected chi connectivity index (χ4v) is 3.50. The predicted octanol–water partition coefficient (Wildman–Crippen LogP) is 4.03. The molecule has 3 aromatic rings. The molecule has 0 saturated carbocycles. The number of ether oxygens (including phenoxy) is 1. The molecule has 130 valence electrons. The molecular formula is C22H20N2O2. The lowest BCUT2D eigenvalue weighted by atomic mass is 10.0. The molecule has 3 aromatic carbocycles. The third kappa shape index (κ3) is 2.80. The molecule has 0 aliphatic carbocycles. The summed E-state index contributed by atoms with van der Waals surface area (Å²) in [6, 6.07) is 17.6. The molecule has 0 radical (unpaired) electrons. The first-order valence-corrected chi connectivity index (χ1v) is 8.61. The van der Waals surface area contributed by atoms with Gasteiger partial charge in [0.2, 0.25) is 0 Å². The van der Waals surface area contributed by atoms with E-state index in [9.17, 15) is 4.79 Å². The predicted molar refractivity (Wildman–Crippen MR) is 106 cm³/mol. The van der Waals surface area contributed by atoms with Gasteiger partial charge in [-0.2, -0.15) is 0 Å². The first-order valence-electron chi connectivity index (χ1n) is 8.61. The third-order valence-corrected chi connectivity index (χ3v) is 4.84. The van der Waals surface area contributed by atoms with Crippen LogP contribution in [-0.4, -0.2) is 19.6 Å². The zero-order valence-corrected chi connectivity index (χ0v) is 14.6. The van der Waals surface area contributed by atoms with Crippen molar-refractivity contribution in [1.82, 2.24) is 0 Å². The number of amides is 1. The van der Waals surface area contributed by atoms with E-state index >= 15 is 0 Å². The van der Waals surface area contributed by atoms with Gasteiger partial charge < -0.3 is 15.4 Å². The van der Waals surface area contributed by atoms with Crippen molar-refractivity contribution in [3.63, 3.8) is 0 Å². The van der Waals surface area contributed by atoms with Crippen LogP contribution in [-0.2, 0) is 11.2 Å². The van der Waals surface area contributed by atoms with Gasteiger partial charge in [-0.3, -0.25) is 4.79 Å². The minimum atomic E-state index is -0.0331. The molecule has 4 nitrogen and oxygen atoms in total. The Bertz CT molecular complexity index is 1010. The number of nitrogens with two attached hydrogens (primary N) is 1. The van der Waals surface area contributed by atoms with E-state index in [4.69, 9.17) is 10.5 Å². The number of rotatable bonds is 3. The highest BCUT2D eigenvalue weighted by Crippen LogP contribution is 2.37. The number of nitrogen functional groups attached to an aromatic ring is 1. The normalized spacial score (nSPS) is 13.3. The van der Waals surface area contributed by atoms with E-state index in [-0.39, 0.29) is 5.91 Å². The van der Waals surface area contributed by atoms with Crippen molar-refractivity contribution < 1.29 is 9.53 Å². The Kier molecular flexibility index (Phi) is 4.09. The molecule has 0 bridgehead atoms. The van der Waals surface area contributed by atoms with E-state index in [2.05, 4.69) is 6.07 Å². The van der Waals surface area contributed by atoms with Gasteiger partial charge in [-0.15, -0.1) is 0 Å². The van der Waals surface area contributed by atoms with Crippen LogP contribution in [0, 0.1) is 0 Å². The number of anilines is 2. The van der Waals surface area contributed by atoms with Crippen molar-refractivity contribution in [2.45, 2.75) is 6.42 Å². The molecule has 0 saturated heterocycles. The number of carbonyl (C=O) groups is 1. The van der Waals surface area contributed by atoms with E-state index in [0.29, 0.717) is 12.2 Å². The Labute approximate surface area is 152 Å². The van der Waals surface area contributed by atoms with Crippen LogP contribution in [0.5, 0.6) is 5.75 Å². The van der Waals surface area contributed by atoms with E-state index < -0.39 is 0 Å². The molecule has 0 spiro atoms. The van der Waals surface area contributed by atoms with Gasteiger partial charge in [0.25, 0.3) is 5.91 Å². The van der Waals surface area contributed by atoms with Crippen LogP contribution >= 0.6 is 0 Å². The third-order valence-electron chi connectivity index (χ3n) is 4.84. The van der Waals surface area contributed by atoms with Gasteiger partial charge in [0.15, 0.2) is 0 Å². The average Bonchev–Trinajstić information content (AvgIpc) is 3.11. The number of benzene rings is 3. The second-order valence-corrected chi connectivity index (χ2v) is 6.36. The second kappa shape index (κ2) is 6.56. The van der Waals surface area contributed by atoms with Gasteiger partial charge in [-0.25, -0.2) is 0 Å². The molecule has 0 fully saturated rings. The van der Waals surface area contributed by atoms with E-state index in [1.807, 2.05) is 54.6 Å². The summed E-state index contributed by atoms with van der Waals surface area (Å²) in [6.45, 7) is 0.675. The average molecular weight is 344 g/mol. The van der Waals surface area contributed by atoms with E-state index in [1.54, 1.807) is 18.1 Å². The topological polar surface area (TPSA) is 55.6 Å². The summed E-state index contributed by atoms with van der Waals surface area (Å²) >= 11 is 0. The Hall–Kier alpha value is -3.27. The van der Waals surface area contributed by atoms with Crippen LogP contribution in [0.2, 0.25) is 0 Å². The second-order valence-electron chi connectivity index (χ2n) is 6.36. The molecule has 1 aliphatic heterocycles. The molecule has 0 unspecified atom stereocenters. The molecule has 26 heavy (non-hydrogen) atoms. The lowest BCUT2D eigenvalue weighted by Gasteiger charge is -2.17. The highest BCUT2D eigenvalue weighted by atomic mass is 16.5. The van der Waals surface area contributed by atoms with Crippen molar-refractivity contribution in [3.8, 4) is 5.75 Å². The highest BCUT2D eigenvalue weighted by molar-refractivity contribution is 6.09. The summed E-state index contributed by atoms with van der Waals surface area (Å²) in [5, 5.41) is 2.19. The Balaban J connectivity index is 1.62. The molecule has 1 heterocycles. The summed E-state index contributed by atoms with van der Waals surface area (Å²) in [4.78, 5) is 14.5. The van der Waals surface area contributed by atoms with Crippen LogP contribution in [0.15, 0.2) is 60.7 Å². The van der Waals surface area contributed by atoms with Gasteiger partial charge in [0.05, 0.1) is 7.11 Å². The SMILES string of the molecule is COc1ccc(/C=C/C(=O)N2CCc3c2cc(N)c2ccccc32)cc1. The fraction of sp³-hybridized carbons (Fsp3) is 0.136. The zero-order chi connectivity index (χ0) is 18.1. The van der Waals surface area contributed by atoms with Crippen LogP contribution < -0.4 is 15.4 Å². The molecule has 1 amide bonds. The summed E-state index contributed by atoms with van der Waals surface area (Å²) in [7, 11) is 1.63. The Morgan fingerprint density at radius 2 is 1.85 bits per heavy atom. The lowest BCUT2D eigenvalue weighted by Crippen LogP contribution is -2.26. The monoisotopic (exact) mass is 344 g/mol. The molecule has 0 atom stereocenters. The van der Waals surface area contributed by atoms with Gasteiger partial charge in [-0.05, 0) is 47.2 Å². The van der Waals surface area contributed by atoms with Crippen molar-refractivity contribution in [3.05, 3.63) is 71.8 Å². The van der Waals surface area contributed by atoms with Gasteiger partial charge in [0.1, 0.15) is 5.75 Å². The fourth-order valence-electron chi connectivity index (χ4n) is 3.50. The largest absolute Gasteiger partial charge is 0.497 e. The minimum Gasteiger partial charge on any atom is -0.497 e. The summed E-state index contributed by atoms with van der Waals surface area (Å²) in [6.07, 6.45) is 4.28. The number of carbonyl (C=O) groups excluding carboxylic acids is 1. The molecule has 0 aromatic heterocycles. The van der Waals surface area contributed by atoms with Gasteiger partial charge in [-0.1, -0.05) is 36.4 Å². The van der Waals surface area contributed by atoms with Crippen molar-refractivity contribution >= 4 is 34.1 Å². The standard InChI is InChI=1S/C22H20N2O2/c1-26-16-9-6-15(7-10-16)8-11-22(25)24-13-12-19-17-4-2-3-5-18(17)20(23)14-21(19)24/h2-11,14H,12-13,23H2,1H3/b11-8+. The highest BCUT2D eigenvalue weighted by Gasteiger charge is 2.25. The maximum atomic E-state index is 12.7. The number of methoxy groups -OCH3 is 1. The number of hydrogen-bond acceptors (Lipinski definition) is 3. The summed E-state index contributed by atoms with van der Waals surface area (Å²) in [5.74, 6) is 0.763. The van der Waals surface area contributed by atoms with Gasteiger partial charge >= 0.3 is 0 Å². The van der Waals surface area contributed by atoms with E-state index in [1.165, 1.54) is 5.56 Å². The maximum Gasteiger partial charge on any atom is 0.251 e. The molecule has 4 heteroatoms. The molecule has 4 rings (SSSR count). The first-order chi connectivity index (χ1) is 12.7. The number of fused-ring (bicyclic) bond motifs is 3. The number of hydrogen-bond donors (Lipinski definition) is 1. The van der Waals surface area contributed by atoms with Crippen LogP contribution in [0.25, 0.3) is 16.8 Å². The van der Waals surface area contributed by atoms with Crippen molar-refractivity contribution in [2.24, 2.45) is 0 Å². The lowest BCUT2D eigenvalue weighted by molar-refractivity contribution is -0.114. The molecular weight excluding hydrogens is 324 g/mol. The zero-order valence-electron chi connectivity index (χ0n) is 14.6. The Morgan fingerprint density at radius 1 is 1.12 bits per heavy atom. The van der Waals surface area contributed by atoms with Crippen LogP contribution in [0.3, 0.4) is 0 Å². The quantitative estimate of drug-likeness (QED) is 0.576. The molecule has 1 aliphatic rings. The maximum absolute atomic E-state index is 12.7. The number of nitrogens with zero attached hydrogens (tertiary/aromatic N) is 1. The van der Waals surface area contributed by atoms with E-state index in [0.717, 1.165) is 34.2 Å². The Morgan fingerprint density at radius 3 is 2.58 bits per heavy atom. The van der Waals surface area contributed by atoms with Crippen LogP contribution in [0.1, 0.15) is 11.1 Å². The first kappa shape index (κ1) is 16.2. The summed E-state index contributed by atoms with van der Waals surface area (Å²) < 4.78 is 5.15. The smallest absolute Gasteiger partial charge is 0.251 e. The van der Waals surface area contributed by atoms with Crippen molar-refractivity contribution in [1.29, 1.82) is 0 Å². The van der Waals surface area contributed by atoms with Crippen molar-refractivity contribution in [2.75, 3.05) is 24.3 Å².